The average molecular weight is 287 g/mol. The summed E-state index contributed by atoms with van der Waals surface area (Å²) >= 11 is 0. The van der Waals surface area contributed by atoms with E-state index in [1.54, 1.807) is 0 Å². The van der Waals surface area contributed by atoms with Crippen molar-refractivity contribution in [2.24, 2.45) is 5.92 Å². The Hall–Kier alpha value is -1.07. The van der Waals surface area contributed by atoms with Crippen LogP contribution < -0.4 is 5.32 Å². The molecule has 2 nitrogen and oxygen atoms in total. The molecule has 0 bridgehead atoms. The Balaban J connectivity index is 1.83. The van der Waals surface area contributed by atoms with E-state index in [0.29, 0.717) is 13.0 Å². The van der Waals surface area contributed by atoms with E-state index < -0.39 is 12.1 Å². The van der Waals surface area contributed by atoms with Crippen molar-refractivity contribution in [1.29, 1.82) is 0 Å². The van der Waals surface area contributed by atoms with Crippen LogP contribution in [0, 0.1) is 5.92 Å². The lowest BCUT2D eigenvalue weighted by Crippen LogP contribution is -2.38. The Morgan fingerprint density at radius 2 is 1.75 bits per heavy atom. The van der Waals surface area contributed by atoms with E-state index in [1.165, 1.54) is 0 Å². The molecule has 1 saturated carbocycles. The van der Waals surface area contributed by atoms with E-state index >= 15 is 0 Å². The van der Waals surface area contributed by atoms with E-state index in [-0.39, 0.29) is 25.5 Å². The number of hydrogen-bond donors (Lipinski definition) is 2. The molecular formula is C15H20F3NO. The molecule has 0 heterocycles. The van der Waals surface area contributed by atoms with Crippen molar-refractivity contribution in [1.82, 2.24) is 5.32 Å². The molecule has 1 aliphatic rings. The van der Waals surface area contributed by atoms with Crippen LogP contribution >= 0.6 is 0 Å². The van der Waals surface area contributed by atoms with Gasteiger partial charge in [0, 0.05) is 12.6 Å². The lowest BCUT2D eigenvalue weighted by Gasteiger charge is -2.31. The van der Waals surface area contributed by atoms with Crippen molar-refractivity contribution < 1.29 is 18.3 Å². The van der Waals surface area contributed by atoms with Gasteiger partial charge >= 0.3 is 6.18 Å². The monoisotopic (exact) mass is 287 g/mol. The zero-order valence-electron chi connectivity index (χ0n) is 11.3. The van der Waals surface area contributed by atoms with Gasteiger partial charge in [0.15, 0.2) is 0 Å². The van der Waals surface area contributed by atoms with Gasteiger partial charge in [-0.3, -0.25) is 0 Å². The van der Waals surface area contributed by atoms with E-state index in [9.17, 15) is 13.2 Å². The molecule has 0 aliphatic heterocycles. The Labute approximate surface area is 117 Å². The Morgan fingerprint density at radius 3 is 2.35 bits per heavy atom. The summed E-state index contributed by atoms with van der Waals surface area (Å²) in [4.78, 5) is 0. The third-order valence-corrected chi connectivity index (χ3v) is 3.94. The predicted molar refractivity (Wildman–Crippen MR) is 71.0 cm³/mol. The third-order valence-electron chi connectivity index (χ3n) is 3.94. The van der Waals surface area contributed by atoms with Gasteiger partial charge in [-0.2, -0.15) is 13.2 Å². The number of rotatable bonds is 4. The highest BCUT2D eigenvalue weighted by Gasteiger charge is 2.41. The third kappa shape index (κ3) is 4.21. The van der Waals surface area contributed by atoms with Crippen LogP contribution in [-0.2, 0) is 13.2 Å². The maximum absolute atomic E-state index is 12.7. The molecule has 1 aliphatic carbocycles. The summed E-state index contributed by atoms with van der Waals surface area (Å²) < 4.78 is 38.1. The van der Waals surface area contributed by atoms with Crippen molar-refractivity contribution in [2.45, 2.75) is 51.1 Å². The molecule has 0 saturated heterocycles. The first-order valence-corrected chi connectivity index (χ1v) is 6.98. The molecule has 1 aromatic rings. The topological polar surface area (TPSA) is 32.3 Å². The summed E-state index contributed by atoms with van der Waals surface area (Å²) in [6, 6.07) is 7.38. The summed E-state index contributed by atoms with van der Waals surface area (Å²) in [5.74, 6) is -1.16. The minimum Gasteiger partial charge on any atom is -0.392 e. The maximum Gasteiger partial charge on any atom is 0.391 e. The molecule has 1 fully saturated rings. The number of halogens is 3. The van der Waals surface area contributed by atoms with Crippen molar-refractivity contribution in [3.8, 4) is 0 Å². The van der Waals surface area contributed by atoms with Crippen LogP contribution in [0.5, 0.6) is 0 Å². The second-order valence-electron chi connectivity index (χ2n) is 5.46. The number of aliphatic hydroxyl groups is 1. The molecule has 2 N–H and O–H groups in total. The SMILES string of the molecule is OCc1ccc(CNC2CCCC(C(F)(F)F)C2)cc1. The first-order valence-electron chi connectivity index (χ1n) is 6.98. The molecule has 2 atom stereocenters. The summed E-state index contributed by atoms with van der Waals surface area (Å²) in [5, 5.41) is 12.2. The zero-order valence-corrected chi connectivity index (χ0v) is 11.3. The molecule has 2 unspecified atom stereocenters. The van der Waals surface area contributed by atoms with E-state index in [1.807, 2.05) is 24.3 Å². The average Bonchev–Trinajstić information content (AvgIpc) is 2.45. The summed E-state index contributed by atoms with van der Waals surface area (Å²) in [6.07, 6.45) is -2.19. The van der Waals surface area contributed by atoms with Gasteiger partial charge in [0.1, 0.15) is 0 Å². The summed E-state index contributed by atoms with van der Waals surface area (Å²) in [6.45, 7) is 0.574. The van der Waals surface area contributed by atoms with Gasteiger partial charge in [-0.25, -0.2) is 0 Å². The largest absolute Gasteiger partial charge is 0.392 e. The van der Waals surface area contributed by atoms with E-state index in [2.05, 4.69) is 5.32 Å². The quantitative estimate of drug-likeness (QED) is 0.889. The molecule has 1 aromatic carbocycles. The highest BCUT2D eigenvalue weighted by atomic mass is 19.4. The second-order valence-corrected chi connectivity index (χ2v) is 5.46. The number of alkyl halides is 3. The van der Waals surface area contributed by atoms with Crippen molar-refractivity contribution in [2.75, 3.05) is 0 Å². The highest BCUT2D eigenvalue weighted by molar-refractivity contribution is 5.21. The van der Waals surface area contributed by atoms with Gasteiger partial charge in [0.2, 0.25) is 0 Å². The number of aliphatic hydroxyl groups excluding tert-OH is 1. The maximum atomic E-state index is 12.7. The number of benzene rings is 1. The van der Waals surface area contributed by atoms with Crippen LogP contribution in [0.2, 0.25) is 0 Å². The molecule has 0 amide bonds. The van der Waals surface area contributed by atoms with Gasteiger partial charge in [0.05, 0.1) is 12.5 Å². The molecule has 2 rings (SSSR count). The van der Waals surface area contributed by atoms with Crippen molar-refractivity contribution >= 4 is 0 Å². The normalized spacial score (nSPS) is 23.8. The van der Waals surface area contributed by atoms with Gasteiger partial charge in [-0.15, -0.1) is 0 Å². The molecule has 20 heavy (non-hydrogen) atoms. The van der Waals surface area contributed by atoms with Crippen LogP contribution in [0.3, 0.4) is 0 Å². The summed E-state index contributed by atoms with van der Waals surface area (Å²) in [5.41, 5.74) is 1.86. The predicted octanol–water partition coefficient (Wildman–Crippen LogP) is 3.39. The molecule has 0 aromatic heterocycles. The Bertz CT molecular complexity index is 416. The minimum absolute atomic E-state index is 0.00357. The Kier molecular flexibility index (Phi) is 5.05. The van der Waals surface area contributed by atoms with Gasteiger partial charge in [-0.1, -0.05) is 30.7 Å². The number of nitrogens with one attached hydrogen (secondary N) is 1. The van der Waals surface area contributed by atoms with E-state index in [4.69, 9.17) is 5.11 Å². The number of hydrogen-bond acceptors (Lipinski definition) is 2. The van der Waals surface area contributed by atoms with Gasteiger partial charge in [-0.05, 0) is 30.4 Å². The molecule has 112 valence electrons. The fourth-order valence-electron chi connectivity index (χ4n) is 2.70. The molecule has 5 heteroatoms. The fraction of sp³-hybridized carbons (Fsp3) is 0.600. The zero-order chi connectivity index (χ0) is 14.6. The standard InChI is InChI=1S/C15H20F3NO/c16-15(17,18)13-2-1-3-14(8-13)19-9-11-4-6-12(10-20)7-5-11/h4-7,13-14,19-20H,1-3,8-10H2. The van der Waals surface area contributed by atoms with Crippen LogP contribution in [0.25, 0.3) is 0 Å². The first-order chi connectivity index (χ1) is 9.49. The van der Waals surface area contributed by atoms with Crippen LogP contribution in [0.1, 0.15) is 36.8 Å². The second kappa shape index (κ2) is 6.59. The van der Waals surface area contributed by atoms with Crippen LogP contribution in [-0.4, -0.2) is 17.3 Å². The smallest absolute Gasteiger partial charge is 0.391 e. The van der Waals surface area contributed by atoms with Crippen LogP contribution in [0.15, 0.2) is 24.3 Å². The molecule has 0 spiro atoms. The van der Waals surface area contributed by atoms with Gasteiger partial charge in [0.25, 0.3) is 0 Å². The van der Waals surface area contributed by atoms with Gasteiger partial charge < -0.3 is 10.4 Å². The highest BCUT2D eigenvalue weighted by Crippen LogP contribution is 2.37. The lowest BCUT2D eigenvalue weighted by molar-refractivity contribution is -0.183. The first kappa shape index (κ1) is 15.3. The molecular weight excluding hydrogens is 267 g/mol. The Morgan fingerprint density at radius 1 is 1.10 bits per heavy atom. The lowest BCUT2D eigenvalue weighted by atomic mass is 9.85. The van der Waals surface area contributed by atoms with Crippen molar-refractivity contribution in [3.05, 3.63) is 35.4 Å². The van der Waals surface area contributed by atoms with E-state index in [0.717, 1.165) is 17.5 Å². The molecule has 0 radical (unpaired) electrons. The fourth-order valence-corrected chi connectivity index (χ4v) is 2.70. The van der Waals surface area contributed by atoms with Crippen molar-refractivity contribution in [3.63, 3.8) is 0 Å². The minimum atomic E-state index is -4.07. The summed E-state index contributed by atoms with van der Waals surface area (Å²) in [7, 11) is 0. The van der Waals surface area contributed by atoms with Crippen LogP contribution in [0.4, 0.5) is 13.2 Å².